The maximum atomic E-state index is 13.0. The molecular weight excluding hydrogens is 357 g/mol. The molecule has 0 spiro atoms. The van der Waals surface area contributed by atoms with Crippen molar-refractivity contribution in [1.82, 2.24) is 19.6 Å². The Labute approximate surface area is 151 Å². The highest BCUT2D eigenvalue weighted by atomic mass is 19.4. The second kappa shape index (κ2) is 6.39. The summed E-state index contributed by atoms with van der Waals surface area (Å²) in [5.41, 5.74) is 0.464. The van der Waals surface area contributed by atoms with Crippen LogP contribution >= 0.6 is 0 Å². The van der Waals surface area contributed by atoms with E-state index >= 15 is 0 Å². The third-order valence-corrected chi connectivity index (χ3v) is 4.13. The summed E-state index contributed by atoms with van der Waals surface area (Å²) in [6.45, 7) is 0. The van der Waals surface area contributed by atoms with Gasteiger partial charge in [0.1, 0.15) is 0 Å². The predicted octanol–water partition coefficient (Wildman–Crippen LogP) is 3.92. The fraction of sp³-hybridized carbons (Fsp3) is 0.105. The first-order chi connectivity index (χ1) is 12.9. The molecule has 3 aromatic rings. The molecule has 0 N–H and O–H groups in total. The first-order valence-electron chi connectivity index (χ1n) is 8.12. The molecule has 0 atom stereocenters. The Morgan fingerprint density at radius 3 is 2.70 bits per heavy atom. The van der Waals surface area contributed by atoms with Gasteiger partial charge in [-0.1, -0.05) is 18.2 Å². The maximum absolute atomic E-state index is 13.0. The summed E-state index contributed by atoms with van der Waals surface area (Å²) in [5.74, 6) is 0. The van der Waals surface area contributed by atoms with Crippen molar-refractivity contribution in [1.29, 1.82) is 0 Å². The standard InChI is InChI=1S/C19H13F3N4O/c20-19(21,22)13-4-3-7-15(12-13)25-11-9-17(27)18(24-25)16-8-10-23-26(16)14-5-1-2-6-14/h1,3-12H,2H2. The van der Waals surface area contributed by atoms with E-state index in [4.69, 9.17) is 0 Å². The van der Waals surface area contributed by atoms with Crippen LogP contribution in [0.1, 0.15) is 12.0 Å². The van der Waals surface area contributed by atoms with Gasteiger partial charge in [0.2, 0.25) is 5.43 Å². The Kier molecular flexibility index (Phi) is 4.02. The van der Waals surface area contributed by atoms with Gasteiger partial charge in [0, 0.05) is 12.3 Å². The van der Waals surface area contributed by atoms with E-state index in [0.29, 0.717) is 5.69 Å². The zero-order valence-corrected chi connectivity index (χ0v) is 13.9. The predicted molar refractivity (Wildman–Crippen MR) is 94.1 cm³/mol. The van der Waals surface area contributed by atoms with E-state index in [1.165, 1.54) is 29.1 Å². The van der Waals surface area contributed by atoms with E-state index < -0.39 is 11.7 Å². The van der Waals surface area contributed by atoms with Crippen LogP contribution in [0, 0.1) is 0 Å². The molecule has 136 valence electrons. The van der Waals surface area contributed by atoms with Crippen molar-refractivity contribution in [3.63, 3.8) is 0 Å². The van der Waals surface area contributed by atoms with Crippen LogP contribution in [0.5, 0.6) is 0 Å². The smallest absolute Gasteiger partial charge is 0.287 e. The van der Waals surface area contributed by atoms with Gasteiger partial charge in [-0.25, -0.2) is 9.36 Å². The lowest BCUT2D eigenvalue weighted by Crippen LogP contribution is -2.15. The lowest BCUT2D eigenvalue weighted by molar-refractivity contribution is -0.137. The highest BCUT2D eigenvalue weighted by Crippen LogP contribution is 2.30. The minimum atomic E-state index is -4.46. The Morgan fingerprint density at radius 2 is 1.96 bits per heavy atom. The van der Waals surface area contributed by atoms with Crippen molar-refractivity contribution >= 4 is 5.70 Å². The molecule has 0 bridgehead atoms. The van der Waals surface area contributed by atoms with Gasteiger partial charge in [0.05, 0.1) is 28.8 Å². The summed E-state index contributed by atoms with van der Waals surface area (Å²) in [7, 11) is 0. The van der Waals surface area contributed by atoms with Crippen molar-refractivity contribution in [2.75, 3.05) is 0 Å². The molecule has 0 saturated carbocycles. The molecule has 27 heavy (non-hydrogen) atoms. The van der Waals surface area contributed by atoms with E-state index in [0.717, 1.165) is 24.3 Å². The number of nitrogens with zero attached hydrogens (tertiary/aromatic N) is 4. The van der Waals surface area contributed by atoms with Crippen LogP contribution in [-0.4, -0.2) is 19.6 Å². The van der Waals surface area contributed by atoms with Crippen LogP contribution in [-0.2, 0) is 6.18 Å². The number of halogens is 3. The first-order valence-corrected chi connectivity index (χ1v) is 8.12. The topological polar surface area (TPSA) is 52.7 Å². The number of rotatable bonds is 3. The lowest BCUT2D eigenvalue weighted by Gasteiger charge is -2.11. The number of benzene rings is 1. The van der Waals surface area contributed by atoms with Crippen LogP contribution in [0.25, 0.3) is 22.8 Å². The molecule has 2 heterocycles. The number of hydrogen-bond acceptors (Lipinski definition) is 3. The quantitative estimate of drug-likeness (QED) is 0.702. The zero-order chi connectivity index (χ0) is 19.0. The molecule has 8 heteroatoms. The van der Waals surface area contributed by atoms with Crippen LogP contribution < -0.4 is 5.43 Å². The van der Waals surface area contributed by atoms with Crippen molar-refractivity contribution < 1.29 is 13.2 Å². The first kappa shape index (κ1) is 17.0. The van der Waals surface area contributed by atoms with Crippen LogP contribution in [0.2, 0.25) is 0 Å². The Morgan fingerprint density at radius 1 is 1.11 bits per heavy atom. The molecule has 1 aliphatic carbocycles. The van der Waals surface area contributed by atoms with Crippen LogP contribution in [0.3, 0.4) is 0 Å². The van der Waals surface area contributed by atoms with Gasteiger partial charge in [-0.05, 0) is 36.8 Å². The number of aromatic nitrogens is 4. The Balaban J connectivity index is 1.82. The van der Waals surface area contributed by atoms with Gasteiger partial charge in [-0.15, -0.1) is 0 Å². The molecule has 0 saturated heterocycles. The summed E-state index contributed by atoms with van der Waals surface area (Å²) >= 11 is 0. The Bertz CT molecular complexity index is 1120. The summed E-state index contributed by atoms with van der Waals surface area (Å²) in [6.07, 6.45) is 4.99. The highest BCUT2D eigenvalue weighted by Gasteiger charge is 2.30. The third kappa shape index (κ3) is 3.21. The number of alkyl halides is 3. The molecule has 4 rings (SSSR count). The molecule has 0 unspecified atom stereocenters. The van der Waals surface area contributed by atoms with E-state index in [9.17, 15) is 18.0 Å². The minimum absolute atomic E-state index is 0.105. The van der Waals surface area contributed by atoms with Crippen molar-refractivity contribution in [3.05, 3.63) is 82.8 Å². The largest absolute Gasteiger partial charge is 0.416 e. The summed E-state index contributed by atoms with van der Waals surface area (Å²) in [4.78, 5) is 12.4. The van der Waals surface area contributed by atoms with Gasteiger partial charge in [0.25, 0.3) is 0 Å². The van der Waals surface area contributed by atoms with E-state index in [1.807, 2.05) is 18.2 Å². The summed E-state index contributed by atoms with van der Waals surface area (Å²) in [5, 5.41) is 8.49. The van der Waals surface area contributed by atoms with E-state index in [2.05, 4.69) is 10.2 Å². The zero-order valence-electron chi connectivity index (χ0n) is 13.9. The van der Waals surface area contributed by atoms with E-state index in [-0.39, 0.29) is 16.8 Å². The molecule has 0 aliphatic heterocycles. The number of allylic oxidation sites excluding steroid dienone is 4. The molecule has 0 fully saturated rings. The average Bonchev–Trinajstić information content (AvgIpc) is 3.33. The molecule has 0 amide bonds. The molecule has 5 nitrogen and oxygen atoms in total. The minimum Gasteiger partial charge on any atom is -0.287 e. The normalized spacial score (nSPS) is 13.8. The van der Waals surface area contributed by atoms with Crippen LogP contribution in [0.15, 0.2) is 71.8 Å². The lowest BCUT2D eigenvalue weighted by atomic mass is 10.2. The molecule has 1 aromatic carbocycles. The second-order valence-electron chi connectivity index (χ2n) is 5.92. The fourth-order valence-electron chi connectivity index (χ4n) is 2.84. The summed E-state index contributed by atoms with van der Waals surface area (Å²) in [6, 6.07) is 7.69. The third-order valence-electron chi connectivity index (χ3n) is 4.13. The van der Waals surface area contributed by atoms with Crippen molar-refractivity contribution in [3.8, 4) is 17.1 Å². The highest BCUT2D eigenvalue weighted by molar-refractivity contribution is 5.67. The van der Waals surface area contributed by atoms with Gasteiger partial charge in [-0.2, -0.15) is 23.4 Å². The van der Waals surface area contributed by atoms with Gasteiger partial charge >= 0.3 is 6.18 Å². The number of hydrogen-bond donors (Lipinski definition) is 0. The summed E-state index contributed by atoms with van der Waals surface area (Å²) < 4.78 is 41.8. The average molecular weight is 370 g/mol. The van der Waals surface area contributed by atoms with Crippen LogP contribution in [0.4, 0.5) is 13.2 Å². The van der Waals surface area contributed by atoms with Gasteiger partial charge < -0.3 is 0 Å². The SMILES string of the molecule is O=c1ccn(-c2cccc(C(F)(F)F)c2)nc1-c1ccnn1C1=CCC=C1. The van der Waals surface area contributed by atoms with Gasteiger partial charge in [0.15, 0.2) is 5.69 Å². The second-order valence-corrected chi connectivity index (χ2v) is 5.92. The molecule has 0 radical (unpaired) electrons. The van der Waals surface area contributed by atoms with Crippen molar-refractivity contribution in [2.45, 2.75) is 12.6 Å². The molecular formula is C19H13F3N4O. The monoisotopic (exact) mass is 370 g/mol. The molecule has 1 aliphatic rings. The fourth-order valence-corrected chi connectivity index (χ4v) is 2.84. The molecule has 2 aromatic heterocycles. The van der Waals surface area contributed by atoms with Gasteiger partial charge in [-0.3, -0.25) is 4.79 Å². The Hall–Kier alpha value is -3.42. The maximum Gasteiger partial charge on any atom is 0.416 e. The van der Waals surface area contributed by atoms with Crippen molar-refractivity contribution in [2.24, 2.45) is 0 Å². The van der Waals surface area contributed by atoms with E-state index in [1.54, 1.807) is 16.9 Å².